The summed E-state index contributed by atoms with van der Waals surface area (Å²) < 4.78 is 45.6. The first kappa shape index (κ1) is 13.7. The van der Waals surface area contributed by atoms with Crippen molar-refractivity contribution < 1.29 is 32.0 Å². The van der Waals surface area contributed by atoms with E-state index in [4.69, 9.17) is 9.90 Å². The Kier molecular flexibility index (Phi) is 4.50. The summed E-state index contributed by atoms with van der Waals surface area (Å²) in [5.74, 6) is -3.01. The van der Waals surface area contributed by atoms with Gasteiger partial charge in [-0.25, -0.2) is 9.48 Å². The van der Waals surface area contributed by atoms with Crippen LogP contribution in [0.1, 0.15) is 0 Å². The Balaban J connectivity index is 0.000000265. The summed E-state index contributed by atoms with van der Waals surface area (Å²) in [6, 6.07) is 0. The molecule has 1 heterocycles. The molecule has 0 fully saturated rings. The van der Waals surface area contributed by atoms with Gasteiger partial charge in [0.05, 0.1) is 14.1 Å². The van der Waals surface area contributed by atoms with Crippen LogP contribution in [0.15, 0.2) is 0 Å². The van der Waals surface area contributed by atoms with Crippen LogP contribution in [0, 0.1) is 0 Å². The normalized spacial score (nSPS) is 16.3. The summed E-state index contributed by atoms with van der Waals surface area (Å²) in [5.41, 5.74) is 0. The Bertz CT molecular complexity index is 275. The number of nitrogens with zero attached hydrogens (tertiary/aromatic N) is 2. The Labute approximate surface area is 83.4 Å². The zero-order chi connectivity index (χ0) is 12.2. The number of carboxylic acid groups (broad SMARTS) is 1. The molecular formula is C7H10F4N2O2. The molecule has 1 aliphatic heterocycles. The first-order chi connectivity index (χ1) is 6.66. The molecule has 0 unspecified atom stereocenters. The highest BCUT2D eigenvalue weighted by Crippen LogP contribution is 2.11. The van der Waals surface area contributed by atoms with E-state index in [1.165, 1.54) is 0 Å². The second-order valence-electron chi connectivity index (χ2n) is 2.90. The number of aliphatic carboxylic acids is 1. The lowest BCUT2D eigenvalue weighted by atomic mass is 10.6. The average Bonchev–Trinajstić information content (AvgIpc) is 2.36. The van der Waals surface area contributed by atoms with Gasteiger partial charge in [0.2, 0.25) is 0 Å². The van der Waals surface area contributed by atoms with Crippen LogP contribution in [0.4, 0.5) is 17.6 Å². The summed E-state index contributed by atoms with van der Waals surface area (Å²) in [4.78, 5) is 10.4. The van der Waals surface area contributed by atoms with Gasteiger partial charge in [0.15, 0.2) is 0 Å². The minimum atomic E-state index is -5.19. The van der Waals surface area contributed by atoms with Gasteiger partial charge in [0.1, 0.15) is 19.1 Å². The zero-order valence-electron chi connectivity index (χ0n) is 8.14. The highest BCUT2D eigenvalue weighted by atomic mass is 19.4. The lowest BCUT2D eigenvalue weighted by Gasteiger charge is -2.03. The molecule has 15 heavy (non-hydrogen) atoms. The smallest absolute Gasteiger partial charge is 0.435 e. The van der Waals surface area contributed by atoms with Gasteiger partial charge in [-0.05, 0) is 0 Å². The number of hydrogen-bond donors (Lipinski definition) is 0. The molecule has 0 spiro atoms. The number of likely N-dealkylation sites (N-methyl/N-ethyl adjacent to an activating group) is 2. The Morgan fingerprint density at radius 1 is 1.53 bits per heavy atom. The van der Waals surface area contributed by atoms with Gasteiger partial charge in [0.25, 0.3) is 0 Å². The van der Waals surface area contributed by atoms with E-state index in [0.717, 1.165) is 13.1 Å². The molecule has 0 bridgehead atoms. The topological polar surface area (TPSA) is 46.4 Å². The van der Waals surface area contributed by atoms with Crippen LogP contribution in [0.25, 0.3) is 0 Å². The second kappa shape index (κ2) is 4.94. The first-order valence-corrected chi connectivity index (χ1v) is 3.89. The lowest BCUT2D eigenvalue weighted by molar-refractivity contribution is -0.491. The molecule has 0 saturated carbocycles. The summed E-state index contributed by atoms with van der Waals surface area (Å²) in [7, 11) is 3.50. The van der Waals surface area contributed by atoms with Crippen molar-refractivity contribution in [3.05, 3.63) is 0 Å². The average molecular weight is 230 g/mol. The summed E-state index contributed by atoms with van der Waals surface area (Å²) in [5, 5.41) is 8.78. The molecular weight excluding hydrogens is 220 g/mol. The Morgan fingerprint density at radius 2 is 1.93 bits per heavy atom. The highest BCUT2D eigenvalue weighted by Gasteiger charge is 2.28. The van der Waals surface area contributed by atoms with Crippen molar-refractivity contribution in [3.8, 4) is 0 Å². The molecule has 0 radical (unpaired) electrons. The quantitative estimate of drug-likeness (QED) is 0.311. The summed E-state index contributed by atoms with van der Waals surface area (Å²) in [6.45, 7) is 1.62. The van der Waals surface area contributed by atoms with E-state index < -0.39 is 12.1 Å². The minimum Gasteiger partial charge on any atom is -0.542 e. The highest BCUT2D eigenvalue weighted by molar-refractivity contribution is 5.70. The third-order valence-electron chi connectivity index (χ3n) is 1.63. The van der Waals surface area contributed by atoms with Crippen LogP contribution in [0.2, 0.25) is 0 Å². The first-order valence-electron chi connectivity index (χ1n) is 3.89. The number of amidine groups is 1. The molecule has 0 amide bonds. The molecule has 8 heteroatoms. The number of alkyl halides is 3. The molecule has 0 saturated heterocycles. The zero-order valence-corrected chi connectivity index (χ0v) is 8.14. The van der Waals surface area contributed by atoms with Gasteiger partial charge < -0.3 is 9.90 Å². The number of rotatable bonds is 0. The SMILES string of the molecule is CN1CC[N+](C)=C1F.O=C([O-])C(F)(F)F. The van der Waals surface area contributed by atoms with Crippen LogP contribution in [-0.4, -0.2) is 54.9 Å². The Morgan fingerprint density at radius 3 is 2.00 bits per heavy atom. The summed E-state index contributed by atoms with van der Waals surface area (Å²) in [6.07, 6.45) is -5.31. The van der Waals surface area contributed by atoms with E-state index >= 15 is 0 Å². The molecule has 1 rings (SSSR count). The van der Waals surface area contributed by atoms with Gasteiger partial charge in [-0.15, -0.1) is 4.39 Å². The van der Waals surface area contributed by atoms with E-state index in [2.05, 4.69) is 0 Å². The van der Waals surface area contributed by atoms with Gasteiger partial charge in [-0.1, -0.05) is 0 Å². The predicted molar refractivity (Wildman–Crippen MR) is 40.9 cm³/mol. The minimum absolute atomic E-state index is 0.120. The molecule has 0 aromatic carbocycles. The molecule has 0 aromatic heterocycles. The molecule has 1 aliphatic rings. The standard InChI is InChI=1S/C5H10FN2.C2HF3O2/c1-7-3-4-8(2)5(7)6;3-2(4,5)1(6)7/h3-4H2,1-2H3;(H,6,7)/q+1;/p-1. The second-order valence-corrected chi connectivity index (χ2v) is 2.90. The summed E-state index contributed by atoms with van der Waals surface area (Å²) >= 11 is 0. The predicted octanol–water partition coefficient (Wildman–Crippen LogP) is -0.802. The monoisotopic (exact) mass is 230 g/mol. The lowest BCUT2D eigenvalue weighted by Crippen LogP contribution is -2.37. The van der Waals surface area contributed by atoms with Crippen molar-refractivity contribution in [3.63, 3.8) is 0 Å². The van der Waals surface area contributed by atoms with Crippen molar-refractivity contribution >= 4 is 12.1 Å². The largest absolute Gasteiger partial charge is 0.542 e. The maximum absolute atomic E-state index is 12.5. The van der Waals surface area contributed by atoms with Crippen molar-refractivity contribution in [2.75, 3.05) is 27.2 Å². The van der Waals surface area contributed by atoms with Gasteiger partial charge in [-0.3, -0.25) is 0 Å². The fraction of sp³-hybridized carbons (Fsp3) is 0.714. The number of halogens is 4. The van der Waals surface area contributed by atoms with E-state index in [1.807, 2.05) is 0 Å². The number of carbonyl (C=O) groups excluding carboxylic acids is 1. The van der Waals surface area contributed by atoms with E-state index in [0.29, 0.717) is 0 Å². The maximum Gasteiger partial charge on any atom is 0.435 e. The molecule has 88 valence electrons. The third kappa shape index (κ3) is 4.61. The maximum atomic E-state index is 12.5. The van der Waals surface area contributed by atoms with Crippen molar-refractivity contribution in [2.45, 2.75) is 6.18 Å². The number of carbonyl (C=O) groups is 1. The van der Waals surface area contributed by atoms with E-state index in [1.54, 1.807) is 23.6 Å². The van der Waals surface area contributed by atoms with E-state index in [9.17, 15) is 17.6 Å². The van der Waals surface area contributed by atoms with Crippen LogP contribution < -0.4 is 5.11 Å². The Hall–Kier alpha value is -1.34. The molecule has 0 aromatic rings. The van der Waals surface area contributed by atoms with Crippen molar-refractivity contribution in [1.29, 1.82) is 0 Å². The molecule has 0 aliphatic carbocycles. The van der Waals surface area contributed by atoms with Gasteiger partial charge in [-0.2, -0.15) is 13.2 Å². The fourth-order valence-corrected chi connectivity index (χ4v) is 0.776. The van der Waals surface area contributed by atoms with Crippen molar-refractivity contribution in [1.82, 2.24) is 4.90 Å². The number of hydrogen-bond acceptors (Lipinski definition) is 3. The third-order valence-corrected chi connectivity index (χ3v) is 1.63. The van der Waals surface area contributed by atoms with Crippen molar-refractivity contribution in [2.24, 2.45) is 0 Å². The fourth-order valence-electron chi connectivity index (χ4n) is 0.776. The molecule has 0 atom stereocenters. The molecule has 4 nitrogen and oxygen atoms in total. The molecule has 0 N–H and O–H groups in total. The van der Waals surface area contributed by atoms with E-state index in [-0.39, 0.29) is 6.09 Å². The van der Waals surface area contributed by atoms with Crippen LogP contribution in [-0.2, 0) is 4.79 Å². The van der Waals surface area contributed by atoms with Crippen LogP contribution in [0.3, 0.4) is 0 Å². The van der Waals surface area contributed by atoms with Crippen LogP contribution >= 0.6 is 0 Å². The van der Waals surface area contributed by atoms with Crippen LogP contribution in [0.5, 0.6) is 0 Å². The van der Waals surface area contributed by atoms with Gasteiger partial charge in [0, 0.05) is 0 Å². The number of carboxylic acids is 1. The van der Waals surface area contributed by atoms with Gasteiger partial charge >= 0.3 is 12.3 Å².